The molecule has 2 N–H and O–H groups in total. The van der Waals surface area contributed by atoms with Crippen molar-refractivity contribution in [1.82, 2.24) is 0 Å². The van der Waals surface area contributed by atoms with Gasteiger partial charge in [0.15, 0.2) is 0 Å². The van der Waals surface area contributed by atoms with Crippen molar-refractivity contribution in [1.29, 1.82) is 0 Å². The van der Waals surface area contributed by atoms with Crippen molar-refractivity contribution in [3.8, 4) is 0 Å². The summed E-state index contributed by atoms with van der Waals surface area (Å²) in [5.74, 6) is -1.43. The molecular weight excluding hydrogens is 222 g/mol. The molecule has 0 radical (unpaired) electrons. The summed E-state index contributed by atoms with van der Waals surface area (Å²) in [6.45, 7) is 3.88. The van der Waals surface area contributed by atoms with Gasteiger partial charge in [-0.05, 0) is 25.5 Å². The Bertz CT molecular complexity index is 429. The molecule has 0 saturated heterocycles. The van der Waals surface area contributed by atoms with Crippen molar-refractivity contribution in [2.75, 3.05) is 18.5 Å². The van der Waals surface area contributed by atoms with E-state index in [0.29, 0.717) is 17.9 Å². The van der Waals surface area contributed by atoms with E-state index in [0.717, 1.165) is 0 Å². The summed E-state index contributed by atoms with van der Waals surface area (Å²) in [7, 11) is 0. The predicted molar refractivity (Wildman–Crippen MR) is 63.3 cm³/mol. The minimum absolute atomic E-state index is 0.0786. The van der Waals surface area contributed by atoms with Crippen LogP contribution in [0.4, 0.5) is 5.69 Å². The lowest BCUT2D eigenvalue weighted by atomic mass is 10.1. The van der Waals surface area contributed by atoms with Crippen LogP contribution in [0.15, 0.2) is 18.2 Å². The maximum atomic E-state index is 11.5. The van der Waals surface area contributed by atoms with Gasteiger partial charge in [-0.1, -0.05) is 12.1 Å². The lowest BCUT2D eigenvalue weighted by molar-refractivity contribution is -0.120. The smallest absolute Gasteiger partial charge is 0.337 e. The first-order chi connectivity index (χ1) is 8.06. The van der Waals surface area contributed by atoms with Crippen LogP contribution < -0.4 is 5.32 Å². The van der Waals surface area contributed by atoms with Crippen LogP contribution in [-0.4, -0.2) is 30.2 Å². The number of hydrogen-bond acceptors (Lipinski definition) is 3. The van der Waals surface area contributed by atoms with E-state index in [9.17, 15) is 9.59 Å². The molecular formula is C12H15NO4. The SMILES string of the molecule is CCOCC(=O)Nc1c(C)cccc1C(=O)O. The van der Waals surface area contributed by atoms with Crippen LogP contribution in [0, 0.1) is 6.92 Å². The van der Waals surface area contributed by atoms with Crippen LogP contribution in [0.1, 0.15) is 22.8 Å². The van der Waals surface area contributed by atoms with Gasteiger partial charge < -0.3 is 15.2 Å². The normalized spacial score (nSPS) is 10.0. The van der Waals surface area contributed by atoms with Gasteiger partial charge in [0.2, 0.25) is 5.91 Å². The maximum absolute atomic E-state index is 11.5. The Kier molecular flexibility index (Phi) is 4.66. The lowest BCUT2D eigenvalue weighted by Gasteiger charge is -2.11. The number of anilines is 1. The highest BCUT2D eigenvalue weighted by Crippen LogP contribution is 2.20. The Hall–Kier alpha value is -1.88. The van der Waals surface area contributed by atoms with Gasteiger partial charge >= 0.3 is 5.97 Å². The number of para-hydroxylation sites is 1. The Labute approximate surface area is 99.4 Å². The van der Waals surface area contributed by atoms with Crippen LogP contribution in [0.2, 0.25) is 0 Å². The standard InChI is InChI=1S/C12H15NO4/c1-3-17-7-10(14)13-11-8(2)5-4-6-9(11)12(15)16/h4-6H,3,7H2,1-2H3,(H,13,14)(H,15,16). The second-order valence-corrected chi connectivity index (χ2v) is 3.49. The van der Waals surface area contributed by atoms with Crippen molar-refractivity contribution in [2.24, 2.45) is 0 Å². The second-order valence-electron chi connectivity index (χ2n) is 3.49. The molecule has 0 aromatic heterocycles. The van der Waals surface area contributed by atoms with Gasteiger partial charge in [-0.2, -0.15) is 0 Å². The highest BCUT2D eigenvalue weighted by atomic mass is 16.5. The summed E-state index contributed by atoms with van der Waals surface area (Å²) >= 11 is 0. The summed E-state index contributed by atoms with van der Waals surface area (Å²) in [5.41, 5.74) is 1.11. The molecule has 0 aliphatic heterocycles. The van der Waals surface area contributed by atoms with Crippen molar-refractivity contribution in [2.45, 2.75) is 13.8 Å². The number of aryl methyl sites for hydroxylation is 1. The summed E-state index contributed by atoms with van der Waals surface area (Å²) in [4.78, 5) is 22.5. The van der Waals surface area contributed by atoms with Gasteiger partial charge in [0.1, 0.15) is 6.61 Å². The molecule has 0 aliphatic carbocycles. The van der Waals surface area contributed by atoms with Gasteiger partial charge in [0.25, 0.3) is 0 Å². The van der Waals surface area contributed by atoms with Crippen LogP contribution in [-0.2, 0) is 9.53 Å². The molecule has 0 saturated carbocycles. The number of carbonyl (C=O) groups is 2. The third kappa shape index (κ3) is 3.57. The number of carbonyl (C=O) groups excluding carboxylic acids is 1. The van der Waals surface area contributed by atoms with Crippen molar-refractivity contribution >= 4 is 17.6 Å². The molecule has 0 bridgehead atoms. The number of carboxylic acids is 1. The highest BCUT2D eigenvalue weighted by Gasteiger charge is 2.14. The highest BCUT2D eigenvalue weighted by molar-refractivity contribution is 6.01. The fourth-order valence-corrected chi connectivity index (χ4v) is 1.38. The summed E-state index contributed by atoms with van der Waals surface area (Å²) in [5, 5.41) is 11.5. The van der Waals surface area contributed by atoms with Gasteiger partial charge in [-0.3, -0.25) is 4.79 Å². The molecule has 0 atom stereocenters. The lowest BCUT2D eigenvalue weighted by Crippen LogP contribution is -2.20. The molecule has 1 aromatic rings. The zero-order valence-electron chi connectivity index (χ0n) is 9.82. The van der Waals surface area contributed by atoms with Gasteiger partial charge in [-0.15, -0.1) is 0 Å². The zero-order chi connectivity index (χ0) is 12.8. The van der Waals surface area contributed by atoms with E-state index in [2.05, 4.69) is 5.32 Å². The zero-order valence-corrected chi connectivity index (χ0v) is 9.82. The maximum Gasteiger partial charge on any atom is 0.337 e. The first kappa shape index (κ1) is 13.2. The van der Waals surface area contributed by atoms with Crippen molar-refractivity contribution in [3.63, 3.8) is 0 Å². The topological polar surface area (TPSA) is 75.6 Å². The molecule has 17 heavy (non-hydrogen) atoms. The van der Waals surface area contributed by atoms with E-state index in [1.165, 1.54) is 6.07 Å². The number of aromatic carboxylic acids is 1. The van der Waals surface area contributed by atoms with E-state index in [1.54, 1.807) is 26.0 Å². The molecule has 92 valence electrons. The van der Waals surface area contributed by atoms with E-state index < -0.39 is 5.97 Å². The van der Waals surface area contributed by atoms with E-state index in [1.807, 2.05) is 0 Å². The average molecular weight is 237 g/mol. The molecule has 5 nitrogen and oxygen atoms in total. The molecule has 0 fully saturated rings. The summed E-state index contributed by atoms with van der Waals surface area (Å²) in [6, 6.07) is 4.82. The number of benzene rings is 1. The Morgan fingerprint density at radius 3 is 2.71 bits per heavy atom. The number of hydrogen-bond donors (Lipinski definition) is 2. The molecule has 1 aromatic carbocycles. The first-order valence-corrected chi connectivity index (χ1v) is 5.26. The summed E-state index contributed by atoms with van der Waals surface area (Å²) < 4.78 is 4.95. The average Bonchev–Trinajstić information content (AvgIpc) is 2.28. The van der Waals surface area contributed by atoms with Crippen molar-refractivity contribution < 1.29 is 19.4 Å². The van der Waals surface area contributed by atoms with E-state index in [4.69, 9.17) is 9.84 Å². The first-order valence-electron chi connectivity index (χ1n) is 5.26. The fourth-order valence-electron chi connectivity index (χ4n) is 1.38. The molecule has 5 heteroatoms. The Balaban J connectivity index is 2.89. The molecule has 0 heterocycles. The van der Waals surface area contributed by atoms with Gasteiger partial charge in [0, 0.05) is 6.61 Å². The Morgan fingerprint density at radius 2 is 2.12 bits per heavy atom. The number of amides is 1. The Morgan fingerprint density at radius 1 is 1.41 bits per heavy atom. The van der Waals surface area contributed by atoms with Crippen molar-refractivity contribution in [3.05, 3.63) is 29.3 Å². The van der Waals surface area contributed by atoms with Crippen LogP contribution in [0.25, 0.3) is 0 Å². The minimum Gasteiger partial charge on any atom is -0.478 e. The molecule has 0 spiro atoms. The number of rotatable bonds is 5. The fraction of sp³-hybridized carbons (Fsp3) is 0.333. The van der Waals surface area contributed by atoms with Gasteiger partial charge in [0.05, 0.1) is 11.3 Å². The van der Waals surface area contributed by atoms with Gasteiger partial charge in [-0.25, -0.2) is 4.79 Å². The molecule has 0 unspecified atom stereocenters. The molecule has 1 rings (SSSR count). The van der Waals surface area contributed by atoms with Crippen LogP contribution in [0.3, 0.4) is 0 Å². The quantitative estimate of drug-likeness (QED) is 0.816. The monoisotopic (exact) mass is 237 g/mol. The van der Waals surface area contributed by atoms with E-state index in [-0.39, 0.29) is 18.1 Å². The third-order valence-corrected chi connectivity index (χ3v) is 2.20. The number of carboxylic acid groups (broad SMARTS) is 1. The van der Waals surface area contributed by atoms with Crippen LogP contribution >= 0.6 is 0 Å². The minimum atomic E-state index is -1.07. The molecule has 1 amide bonds. The summed E-state index contributed by atoms with van der Waals surface area (Å²) in [6.07, 6.45) is 0. The molecule has 0 aliphatic rings. The number of nitrogens with one attached hydrogen (secondary N) is 1. The second kappa shape index (κ2) is 6.00. The van der Waals surface area contributed by atoms with E-state index >= 15 is 0 Å². The predicted octanol–water partition coefficient (Wildman–Crippen LogP) is 1.67. The van der Waals surface area contributed by atoms with Crippen LogP contribution in [0.5, 0.6) is 0 Å². The number of ether oxygens (including phenoxy) is 1. The third-order valence-electron chi connectivity index (χ3n) is 2.20. The largest absolute Gasteiger partial charge is 0.478 e.